The molecule has 0 aromatic carbocycles. The summed E-state index contributed by atoms with van der Waals surface area (Å²) in [5.41, 5.74) is 6.17. The highest BCUT2D eigenvalue weighted by Gasteiger charge is 2.37. The molecule has 2 unspecified atom stereocenters. The van der Waals surface area contributed by atoms with Crippen LogP contribution in [0.2, 0.25) is 0 Å². The summed E-state index contributed by atoms with van der Waals surface area (Å²) in [6.45, 7) is 2.27. The molecule has 5 heteroatoms. The number of thioether (sulfide) groups is 1. The minimum Gasteiger partial charge on any atom is -0.339 e. The van der Waals surface area contributed by atoms with Gasteiger partial charge in [0.05, 0.1) is 5.54 Å². The van der Waals surface area contributed by atoms with E-state index in [0.717, 1.165) is 31.0 Å². The number of rotatable bonds is 3. The lowest BCUT2D eigenvalue weighted by atomic mass is 9.76. The fourth-order valence-corrected chi connectivity index (χ4v) is 4.74. The second kappa shape index (κ2) is 6.06. The molecule has 1 aromatic rings. The number of nitrogens with two attached hydrogens (primary N) is 1. The summed E-state index contributed by atoms with van der Waals surface area (Å²) < 4.78 is 5.47. The highest BCUT2D eigenvalue weighted by Crippen LogP contribution is 2.36. The summed E-state index contributed by atoms with van der Waals surface area (Å²) in [7, 11) is 0. The van der Waals surface area contributed by atoms with Crippen molar-refractivity contribution in [3.05, 3.63) is 11.7 Å². The van der Waals surface area contributed by atoms with Crippen LogP contribution < -0.4 is 5.73 Å². The van der Waals surface area contributed by atoms with Crippen LogP contribution in [0.3, 0.4) is 0 Å². The molecule has 2 N–H and O–H groups in total. The molecule has 2 fully saturated rings. The quantitative estimate of drug-likeness (QED) is 0.928. The molecular weight excluding hydrogens is 270 g/mol. The Labute approximate surface area is 125 Å². The Kier molecular flexibility index (Phi) is 4.36. The normalized spacial score (nSPS) is 32.4. The van der Waals surface area contributed by atoms with Gasteiger partial charge in [-0.25, -0.2) is 0 Å². The summed E-state index contributed by atoms with van der Waals surface area (Å²) in [6, 6.07) is 0. The molecule has 20 heavy (non-hydrogen) atoms. The molecule has 1 aromatic heterocycles. The standard InChI is InChI=1S/C15H25N3OS/c1-11-3-2-6-15(16,10-11)14-17-13(19-18-14)9-12-4-7-20-8-5-12/h11-12H,2-10,16H2,1H3. The van der Waals surface area contributed by atoms with Gasteiger partial charge in [-0.1, -0.05) is 24.9 Å². The van der Waals surface area contributed by atoms with Gasteiger partial charge in [0.15, 0.2) is 5.82 Å². The minimum absolute atomic E-state index is 0.359. The molecular formula is C15H25N3OS. The zero-order valence-corrected chi connectivity index (χ0v) is 13.1. The third-order valence-corrected chi connectivity index (χ3v) is 5.80. The Morgan fingerprint density at radius 1 is 1.35 bits per heavy atom. The van der Waals surface area contributed by atoms with Gasteiger partial charge in [-0.05, 0) is 49.0 Å². The average molecular weight is 295 g/mol. The molecule has 0 amide bonds. The second-order valence-corrected chi connectivity index (χ2v) is 7.85. The number of aromatic nitrogens is 2. The van der Waals surface area contributed by atoms with Gasteiger partial charge in [0.1, 0.15) is 0 Å². The Morgan fingerprint density at radius 2 is 2.15 bits per heavy atom. The van der Waals surface area contributed by atoms with Crippen molar-refractivity contribution in [2.45, 2.75) is 57.4 Å². The fourth-order valence-electron chi connectivity index (χ4n) is 3.53. The third-order valence-electron chi connectivity index (χ3n) is 4.75. The second-order valence-electron chi connectivity index (χ2n) is 6.63. The van der Waals surface area contributed by atoms with Crippen molar-refractivity contribution in [3.8, 4) is 0 Å². The predicted molar refractivity (Wildman–Crippen MR) is 81.5 cm³/mol. The van der Waals surface area contributed by atoms with Crippen LogP contribution in [0.4, 0.5) is 0 Å². The van der Waals surface area contributed by atoms with E-state index in [0.29, 0.717) is 11.8 Å². The van der Waals surface area contributed by atoms with Crippen molar-refractivity contribution in [1.29, 1.82) is 0 Å². The van der Waals surface area contributed by atoms with E-state index in [-0.39, 0.29) is 5.54 Å². The maximum absolute atomic E-state index is 6.53. The molecule has 1 saturated heterocycles. The van der Waals surface area contributed by atoms with E-state index < -0.39 is 0 Å². The SMILES string of the molecule is CC1CCCC(N)(c2noc(CC3CCSCC3)n2)C1. The van der Waals surface area contributed by atoms with Crippen molar-refractivity contribution in [2.24, 2.45) is 17.6 Å². The number of hydrogen-bond donors (Lipinski definition) is 1. The van der Waals surface area contributed by atoms with Crippen LogP contribution in [0.25, 0.3) is 0 Å². The van der Waals surface area contributed by atoms with E-state index in [1.807, 2.05) is 0 Å². The summed E-state index contributed by atoms with van der Waals surface area (Å²) in [4.78, 5) is 4.62. The first kappa shape index (κ1) is 14.4. The van der Waals surface area contributed by atoms with Gasteiger partial charge in [-0.3, -0.25) is 0 Å². The fraction of sp³-hybridized carbons (Fsp3) is 0.867. The van der Waals surface area contributed by atoms with Gasteiger partial charge in [-0.2, -0.15) is 16.7 Å². The molecule has 1 saturated carbocycles. The third kappa shape index (κ3) is 3.19. The van der Waals surface area contributed by atoms with Crippen LogP contribution in [-0.4, -0.2) is 21.6 Å². The summed E-state index contributed by atoms with van der Waals surface area (Å²) in [6.07, 6.45) is 7.87. The molecule has 1 aliphatic carbocycles. The molecule has 2 atom stereocenters. The van der Waals surface area contributed by atoms with Crippen molar-refractivity contribution in [2.75, 3.05) is 11.5 Å². The first-order valence-corrected chi connectivity index (χ1v) is 9.01. The number of nitrogens with zero attached hydrogens (tertiary/aromatic N) is 2. The number of hydrogen-bond acceptors (Lipinski definition) is 5. The van der Waals surface area contributed by atoms with E-state index in [1.165, 1.54) is 37.2 Å². The van der Waals surface area contributed by atoms with Crippen molar-refractivity contribution >= 4 is 11.8 Å². The molecule has 2 heterocycles. The smallest absolute Gasteiger partial charge is 0.226 e. The van der Waals surface area contributed by atoms with Crippen LogP contribution in [-0.2, 0) is 12.0 Å². The molecule has 0 radical (unpaired) electrons. The van der Waals surface area contributed by atoms with Crippen LogP contribution >= 0.6 is 11.8 Å². The molecule has 3 rings (SSSR count). The zero-order valence-electron chi connectivity index (χ0n) is 12.3. The van der Waals surface area contributed by atoms with Gasteiger partial charge < -0.3 is 10.3 Å². The predicted octanol–water partition coefficient (Wildman–Crippen LogP) is 3.12. The van der Waals surface area contributed by atoms with Gasteiger partial charge in [0.2, 0.25) is 5.89 Å². The zero-order chi connectivity index (χ0) is 14.0. The lowest BCUT2D eigenvalue weighted by molar-refractivity contribution is 0.221. The van der Waals surface area contributed by atoms with E-state index in [1.54, 1.807) is 0 Å². The Morgan fingerprint density at radius 3 is 2.90 bits per heavy atom. The van der Waals surface area contributed by atoms with Crippen LogP contribution in [0, 0.1) is 11.8 Å². The van der Waals surface area contributed by atoms with Crippen molar-refractivity contribution < 1.29 is 4.52 Å². The van der Waals surface area contributed by atoms with Gasteiger partial charge in [0, 0.05) is 6.42 Å². The van der Waals surface area contributed by atoms with Gasteiger partial charge >= 0.3 is 0 Å². The Bertz CT molecular complexity index is 444. The van der Waals surface area contributed by atoms with Gasteiger partial charge in [0.25, 0.3) is 0 Å². The first-order chi connectivity index (χ1) is 9.66. The van der Waals surface area contributed by atoms with E-state index in [2.05, 4.69) is 28.8 Å². The lowest BCUT2D eigenvalue weighted by Crippen LogP contribution is -2.42. The van der Waals surface area contributed by atoms with E-state index in [9.17, 15) is 0 Å². The molecule has 2 aliphatic rings. The average Bonchev–Trinajstić information content (AvgIpc) is 2.89. The van der Waals surface area contributed by atoms with E-state index >= 15 is 0 Å². The monoisotopic (exact) mass is 295 g/mol. The molecule has 1 aliphatic heterocycles. The molecule has 4 nitrogen and oxygen atoms in total. The Hall–Kier alpha value is -0.550. The lowest BCUT2D eigenvalue weighted by Gasteiger charge is -2.33. The highest BCUT2D eigenvalue weighted by molar-refractivity contribution is 7.99. The van der Waals surface area contributed by atoms with Crippen LogP contribution in [0.5, 0.6) is 0 Å². The highest BCUT2D eigenvalue weighted by atomic mass is 32.2. The minimum atomic E-state index is -0.359. The summed E-state index contributed by atoms with van der Waals surface area (Å²) in [5, 5.41) is 4.20. The van der Waals surface area contributed by atoms with Gasteiger partial charge in [-0.15, -0.1) is 0 Å². The van der Waals surface area contributed by atoms with E-state index in [4.69, 9.17) is 10.3 Å². The van der Waals surface area contributed by atoms with Crippen molar-refractivity contribution in [3.63, 3.8) is 0 Å². The summed E-state index contributed by atoms with van der Waals surface area (Å²) in [5.74, 6) is 5.44. The largest absolute Gasteiger partial charge is 0.339 e. The van der Waals surface area contributed by atoms with Crippen molar-refractivity contribution in [1.82, 2.24) is 10.1 Å². The van der Waals surface area contributed by atoms with Crippen LogP contribution in [0.15, 0.2) is 4.52 Å². The maximum Gasteiger partial charge on any atom is 0.226 e. The topological polar surface area (TPSA) is 64.9 Å². The summed E-state index contributed by atoms with van der Waals surface area (Å²) >= 11 is 2.05. The maximum atomic E-state index is 6.53. The van der Waals surface area contributed by atoms with Crippen LogP contribution in [0.1, 0.15) is 57.2 Å². The Balaban J connectivity index is 1.66. The molecule has 112 valence electrons. The first-order valence-electron chi connectivity index (χ1n) is 7.85. The molecule has 0 spiro atoms. The molecule has 0 bridgehead atoms.